The molecule has 0 saturated carbocycles. The molecule has 0 spiro atoms. The van der Waals surface area contributed by atoms with Crippen molar-refractivity contribution in [2.24, 2.45) is 0 Å². The molecule has 1 N–H and O–H groups in total. The van der Waals surface area contributed by atoms with E-state index in [0.29, 0.717) is 29.2 Å². The van der Waals surface area contributed by atoms with Gasteiger partial charge < -0.3 is 10.1 Å². The molecule has 2 rings (SSSR count). The van der Waals surface area contributed by atoms with E-state index in [1.165, 1.54) is 6.07 Å². The first-order valence-electron chi connectivity index (χ1n) is 6.37. The fourth-order valence-corrected chi connectivity index (χ4v) is 1.94. The second-order valence-electron chi connectivity index (χ2n) is 4.36. The predicted molar refractivity (Wildman–Crippen MR) is 80.6 cm³/mol. The van der Waals surface area contributed by atoms with E-state index < -0.39 is 0 Å². The van der Waals surface area contributed by atoms with Crippen molar-refractivity contribution in [1.29, 1.82) is 0 Å². The smallest absolute Gasteiger partial charge is 0.258 e. The fraction of sp³-hybridized carbons (Fsp3) is 0.125. The Morgan fingerprint density at radius 2 is 1.95 bits per heavy atom. The summed E-state index contributed by atoms with van der Waals surface area (Å²) in [5.41, 5.74) is 1.47. The lowest BCUT2D eigenvalue weighted by Crippen LogP contribution is -2.28. The topological polar surface area (TPSA) is 55.4 Å². The Kier molecular flexibility index (Phi) is 5.35. The molecule has 0 unspecified atom stereocenters. The Morgan fingerprint density at radius 1 is 1.19 bits per heavy atom. The zero-order valence-electron chi connectivity index (χ0n) is 11.2. The van der Waals surface area contributed by atoms with E-state index in [0.717, 1.165) is 5.56 Å². The molecular formula is C16H14ClNO3. The molecule has 0 fully saturated rings. The van der Waals surface area contributed by atoms with E-state index >= 15 is 0 Å². The van der Waals surface area contributed by atoms with Crippen molar-refractivity contribution in [2.45, 2.75) is 6.54 Å². The number of amides is 1. The van der Waals surface area contributed by atoms with Gasteiger partial charge in [-0.1, -0.05) is 41.9 Å². The lowest BCUT2D eigenvalue weighted by Gasteiger charge is -2.09. The number of hydrogen-bond acceptors (Lipinski definition) is 3. The van der Waals surface area contributed by atoms with Crippen molar-refractivity contribution in [3.8, 4) is 5.75 Å². The lowest BCUT2D eigenvalue weighted by molar-refractivity contribution is -0.123. The highest BCUT2D eigenvalue weighted by atomic mass is 35.5. The van der Waals surface area contributed by atoms with Crippen LogP contribution in [0.25, 0.3) is 0 Å². The van der Waals surface area contributed by atoms with Crippen LogP contribution >= 0.6 is 11.6 Å². The summed E-state index contributed by atoms with van der Waals surface area (Å²) in [5.74, 6) is 0.131. The fourth-order valence-electron chi connectivity index (χ4n) is 1.70. The molecule has 108 valence electrons. The van der Waals surface area contributed by atoms with Crippen molar-refractivity contribution >= 4 is 23.8 Å². The molecule has 4 nitrogen and oxygen atoms in total. The van der Waals surface area contributed by atoms with Gasteiger partial charge in [0.1, 0.15) is 12.0 Å². The first kappa shape index (κ1) is 15.1. The number of aldehydes is 1. The molecule has 2 aromatic rings. The maximum atomic E-state index is 11.7. The summed E-state index contributed by atoms with van der Waals surface area (Å²) in [5, 5.41) is 3.05. The Balaban J connectivity index is 1.82. The van der Waals surface area contributed by atoms with Crippen LogP contribution in [-0.2, 0) is 11.3 Å². The number of ether oxygens (including phenoxy) is 1. The highest BCUT2D eigenvalue weighted by molar-refractivity contribution is 6.32. The van der Waals surface area contributed by atoms with Crippen LogP contribution in [0.2, 0.25) is 5.02 Å². The van der Waals surface area contributed by atoms with Crippen LogP contribution in [-0.4, -0.2) is 18.8 Å². The van der Waals surface area contributed by atoms with Crippen LogP contribution in [0, 0.1) is 0 Å². The quantitative estimate of drug-likeness (QED) is 0.835. The zero-order valence-corrected chi connectivity index (χ0v) is 12.0. The standard InChI is InChI=1S/C16H14ClNO3/c17-14-8-13(10-19)6-7-15(14)21-11-16(20)18-9-12-4-2-1-3-5-12/h1-8,10H,9,11H2,(H,18,20). The summed E-state index contributed by atoms with van der Waals surface area (Å²) in [4.78, 5) is 22.3. The molecule has 21 heavy (non-hydrogen) atoms. The van der Waals surface area contributed by atoms with Gasteiger partial charge in [-0.3, -0.25) is 9.59 Å². The van der Waals surface area contributed by atoms with Gasteiger partial charge in [-0.2, -0.15) is 0 Å². The van der Waals surface area contributed by atoms with Gasteiger partial charge in [0.15, 0.2) is 6.61 Å². The molecular weight excluding hydrogens is 290 g/mol. The number of benzene rings is 2. The van der Waals surface area contributed by atoms with Crippen molar-refractivity contribution < 1.29 is 14.3 Å². The van der Waals surface area contributed by atoms with Gasteiger partial charge in [0.25, 0.3) is 5.91 Å². The predicted octanol–water partition coefficient (Wildman–Crippen LogP) is 2.85. The van der Waals surface area contributed by atoms with Crippen LogP contribution in [0.3, 0.4) is 0 Å². The molecule has 1 amide bonds. The van der Waals surface area contributed by atoms with Gasteiger partial charge in [0.05, 0.1) is 5.02 Å². The van der Waals surface area contributed by atoms with Gasteiger partial charge in [0.2, 0.25) is 0 Å². The van der Waals surface area contributed by atoms with Crippen LogP contribution in [0.1, 0.15) is 15.9 Å². The Hall–Kier alpha value is -2.33. The number of hydrogen-bond donors (Lipinski definition) is 1. The zero-order chi connectivity index (χ0) is 15.1. The summed E-state index contributed by atoms with van der Waals surface area (Å²) in [7, 11) is 0. The molecule has 0 aromatic heterocycles. The minimum absolute atomic E-state index is 0.132. The largest absolute Gasteiger partial charge is 0.482 e. The molecule has 5 heteroatoms. The van der Waals surface area contributed by atoms with Crippen molar-refractivity contribution in [1.82, 2.24) is 5.32 Å². The van der Waals surface area contributed by atoms with Crippen molar-refractivity contribution in [2.75, 3.05) is 6.61 Å². The van der Waals surface area contributed by atoms with E-state index in [1.807, 2.05) is 30.3 Å². The normalized spacial score (nSPS) is 9.95. The Bertz CT molecular complexity index is 629. The summed E-state index contributed by atoms with van der Waals surface area (Å²) >= 11 is 5.95. The molecule has 0 bridgehead atoms. The molecule has 0 heterocycles. The first-order chi connectivity index (χ1) is 10.2. The molecule has 0 atom stereocenters. The third-order valence-corrected chi connectivity index (χ3v) is 3.08. The highest BCUT2D eigenvalue weighted by Gasteiger charge is 2.06. The summed E-state index contributed by atoms with van der Waals surface area (Å²) < 4.78 is 5.33. The second-order valence-corrected chi connectivity index (χ2v) is 4.77. The number of carbonyl (C=O) groups is 2. The highest BCUT2D eigenvalue weighted by Crippen LogP contribution is 2.24. The van der Waals surface area contributed by atoms with Crippen LogP contribution in [0.5, 0.6) is 5.75 Å². The third kappa shape index (κ3) is 4.61. The minimum Gasteiger partial charge on any atom is -0.482 e. The van der Waals surface area contributed by atoms with Gasteiger partial charge in [0, 0.05) is 12.1 Å². The maximum absolute atomic E-state index is 11.7. The average molecular weight is 304 g/mol. The van der Waals surface area contributed by atoms with E-state index in [2.05, 4.69) is 5.32 Å². The van der Waals surface area contributed by atoms with Crippen molar-refractivity contribution in [3.63, 3.8) is 0 Å². The van der Waals surface area contributed by atoms with Gasteiger partial charge in [-0.05, 0) is 23.8 Å². The Morgan fingerprint density at radius 3 is 2.62 bits per heavy atom. The number of nitrogens with one attached hydrogen (secondary N) is 1. The molecule has 0 aliphatic rings. The number of carbonyl (C=O) groups excluding carboxylic acids is 2. The molecule has 0 saturated heterocycles. The van der Waals surface area contributed by atoms with Crippen LogP contribution in [0.15, 0.2) is 48.5 Å². The van der Waals surface area contributed by atoms with E-state index in [9.17, 15) is 9.59 Å². The third-order valence-electron chi connectivity index (χ3n) is 2.78. The molecule has 0 aliphatic carbocycles. The van der Waals surface area contributed by atoms with Gasteiger partial charge in [-0.25, -0.2) is 0 Å². The first-order valence-corrected chi connectivity index (χ1v) is 6.75. The number of rotatable bonds is 6. The average Bonchev–Trinajstić information content (AvgIpc) is 2.52. The van der Waals surface area contributed by atoms with Gasteiger partial charge >= 0.3 is 0 Å². The Labute approximate surface area is 127 Å². The monoisotopic (exact) mass is 303 g/mol. The summed E-state index contributed by atoms with van der Waals surface area (Å²) in [6.45, 7) is 0.313. The minimum atomic E-state index is -0.241. The van der Waals surface area contributed by atoms with Gasteiger partial charge in [-0.15, -0.1) is 0 Å². The van der Waals surface area contributed by atoms with E-state index in [1.54, 1.807) is 12.1 Å². The SMILES string of the molecule is O=Cc1ccc(OCC(=O)NCc2ccccc2)c(Cl)c1. The van der Waals surface area contributed by atoms with E-state index in [4.69, 9.17) is 16.3 Å². The molecule has 2 aromatic carbocycles. The second kappa shape index (κ2) is 7.45. The van der Waals surface area contributed by atoms with Crippen LogP contribution in [0.4, 0.5) is 0 Å². The lowest BCUT2D eigenvalue weighted by atomic mass is 10.2. The maximum Gasteiger partial charge on any atom is 0.258 e. The van der Waals surface area contributed by atoms with E-state index in [-0.39, 0.29) is 12.5 Å². The number of halogens is 1. The summed E-state index contributed by atoms with van der Waals surface area (Å²) in [6.07, 6.45) is 0.697. The molecule has 0 radical (unpaired) electrons. The van der Waals surface area contributed by atoms with Crippen molar-refractivity contribution in [3.05, 3.63) is 64.7 Å². The summed E-state index contributed by atoms with van der Waals surface area (Å²) in [6, 6.07) is 14.2. The molecule has 0 aliphatic heterocycles. The van der Waals surface area contributed by atoms with Crippen LogP contribution < -0.4 is 10.1 Å².